The van der Waals surface area contributed by atoms with Crippen LogP contribution in [0.4, 0.5) is 4.39 Å². The lowest BCUT2D eigenvalue weighted by Gasteiger charge is -2.14. The number of amides is 1. The number of para-hydroxylation sites is 1. The first-order chi connectivity index (χ1) is 9.20. The summed E-state index contributed by atoms with van der Waals surface area (Å²) < 4.78 is 14.4. The highest BCUT2D eigenvalue weighted by Crippen LogP contribution is 2.23. The van der Waals surface area contributed by atoms with Gasteiger partial charge in [-0.2, -0.15) is 5.10 Å². The van der Waals surface area contributed by atoms with Crippen molar-refractivity contribution in [2.75, 3.05) is 19.8 Å². The minimum Gasteiger partial charge on any atom is -0.337 e. The van der Waals surface area contributed by atoms with E-state index in [0.29, 0.717) is 18.8 Å². The largest absolute Gasteiger partial charge is 0.337 e. The molecule has 0 bridgehead atoms. The number of benzene rings is 1. The number of hydrogen-bond acceptors (Lipinski definition) is 2. The van der Waals surface area contributed by atoms with Gasteiger partial charge in [0.05, 0.1) is 12.2 Å². The molecule has 0 radical (unpaired) electrons. The first kappa shape index (κ1) is 12.1. The van der Waals surface area contributed by atoms with Crippen molar-refractivity contribution in [2.24, 2.45) is 13.0 Å². The molecular formula is C14H16FN3O. The van der Waals surface area contributed by atoms with Gasteiger partial charge in [0.2, 0.25) is 0 Å². The van der Waals surface area contributed by atoms with Crippen LogP contribution in [-0.2, 0) is 7.05 Å². The van der Waals surface area contributed by atoms with Crippen molar-refractivity contribution < 1.29 is 9.18 Å². The Bertz CT molecular complexity index is 622. The van der Waals surface area contributed by atoms with Gasteiger partial charge in [-0.15, -0.1) is 0 Å². The van der Waals surface area contributed by atoms with E-state index in [1.54, 1.807) is 9.58 Å². The van der Waals surface area contributed by atoms with Crippen LogP contribution in [0.5, 0.6) is 0 Å². The van der Waals surface area contributed by atoms with Crippen molar-refractivity contribution in [3.63, 3.8) is 0 Å². The van der Waals surface area contributed by atoms with Crippen LogP contribution in [0.2, 0.25) is 0 Å². The molecule has 5 heteroatoms. The minimum atomic E-state index is -0.354. The third-order valence-corrected chi connectivity index (χ3v) is 3.75. The molecule has 0 spiro atoms. The summed E-state index contributed by atoms with van der Waals surface area (Å²) in [6.45, 7) is 0.769. The van der Waals surface area contributed by atoms with E-state index in [4.69, 9.17) is 0 Å². The average Bonchev–Trinajstić information content (AvgIpc) is 3.04. The SMILES string of the molecule is Cn1nc(C(=O)N2CCC(CF)C2)c2ccccc21. The number of aryl methyl sites for hydroxylation is 1. The second-order valence-corrected chi connectivity index (χ2v) is 5.05. The van der Waals surface area contributed by atoms with E-state index in [9.17, 15) is 9.18 Å². The minimum absolute atomic E-state index is 0.0149. The maximum atomic E-state index is 12.6. The van der Waals surface area contributed by atoms with Crippen molar-refractivity contribution in [1.29, 1.82) is 0 Å². The van der Waals surface area contributed by atoms with Gasteiger partial charge in [0.15, 0.2) is 5.69 Å². The van der Waals surface area contributed by atoms with Gasteiger partial charge < -0.3 is 4.90 Å². The highest BCUT2D eigenvalue weighted by Gasteiger charge is 2.29. The molecule has 1 saturated heterocycles. The topological polar surface area (TPSA) is 38.1 Å². The van der Waals surface area contributed by atoms with E-state index in [2.05, 4.69) is 5.10 Å². The molecule has 1 aromatic heterocycles. The summed E-state index contributed by atoms with van der Waals surface area (Å²) in [7, 11) is 1.83. The number of carbonyl (C=O) groups is 1. The third kappa shape index (κ3) is 1.99. The van der Waals surface area contributed by atoms with Gasteiger partial charge >= 0.3 is 0 Å². The molecule has 3 rings (SSSR count). The van der Waals surface area contributed by atoms with Crippen molar-refractivity contribution in [3.8, 4) is 0 Å². The van der Waals surface area contributed by atoms with Gasteiger partial charge in [-0.1, -0.05) is 18.2 Å². The molecule has 1 atom stereocenters. The summed E-state index contributed by atoms with van der Waals surface area (Å²) >= 11 is 0. The van der Waals surface area contributed by atoms with Crippen LogP contribution in [-0.4, -0.2) is 40.4 Å². The Kier molecular flexibility index (Phi) is 2.97. The number of fused-ring (bicyclic) bond motifs is 1. The number of hydrogen-bond donors (Lipinski definition) is 0. The lowest BCUT2D eigenvalue weighted by molar-refractivity contribution is 0.0780. The molecule has 1 fully saturated rings. The zero-order valence-corrected chi connectivity index (χ0v) is 10.8. The molecule has 4 nitrogen and oxygen atoms in total. The quantitative estimate of drug-likeness (QED) is 0.829. The Labute approximate surface area is 110 Å². The first-order valence-electron chi connectivity index (χ1n) is 6.47. The molecule has 1 aliphatic heterocycles. The van der Waals surface area contributed by atoms with Crippen LogP contribution < -0.4 is 0 Å². The molecule has 100 valence electrons. The monoisotopic (exact) mass is 261 g/mol. The summed E-state index contributed by atoms with van der Waals surface area (Å²) in [5.74, 6) is -0.105. The molecule has 0 aliphatic carbocycles. The van der Waals surface area contributed by atoms with Crippen molar-refractivity contribution >= 4 is 16.8 Å². The van der Waals surface area contributed by atoms with Crippen LogP contribution in [0.15, 0.2) is 24.3 Å². The van der Waals surface area contributed by atoms with Gasteiger partial charge in [-0.05, 0) is 12.5 Å². The van der Waals surface area contributed by atoms with Crippen molar-refractivity contribution in [2.45, 2.75) is 6.42 Å². The fourth-order valence-corrected chi connectivity index (χ4v) is 2.66. The van der Waals surface area contributed by atoms with Gasteiger partial charge in [0, 0.05) is 31.4 Å². The Morgan fingerprint density at radius 2 is 2.26 bits per heavy atom. The van der Waals surface area contributed by atoms with Gasteiger partial charge in [0.25, 0.3) is 5.91 Å². The van der Waals surface area contributed by atoms with Crippen LogP contribution in [0, 0.1) is 5.92 Å². The lowest BCUT2D eigenvalue weighted by atomic mass is 10.1. The Hall–Kier alpha value is -1.91. The summed E-state index contributed by atoms with van der Waals surface area (Å²) in [6.07, 6.45) is 0.743. The molecule has 0 N–H and O–H groups in total. The van der Waals surface area contributed by atoms with Gasteiger partial charge in [0.1, 0.15) is 0 Å². The maximum absolute atomic E-state index is 12.6. The number of aromatic nitrogens is 2. The molecule has 19 heavy (non-hydrogen) atoms. The standard InChI is InChI=1S/C14H16FN3O/c1-17-12-5-3-2-4-11(12)13(16-17)14(19)18-7-6-10(8-15)9-18/h2-5,10H,6-9H2,1H3. The predicted octanol–water partition coefficient (Wildman–Crippen LogP) is 2.00. The number of halogens is 1. The molecule has 1 unspecified atom stereocenters. The Balaban J connectivity index is 1.94. The van der Waals surface area contributed by atoms with Crippen LogP contribution >= 0.6 is 0 Å². The van der Waals surface area contributed by atoms with Crippen LogP contribution in [0.1, 0.15) is 16.9 Å². The van der Waals surface area contributed by atoms with Gasteiger partial charge in [-0.3, -0.25) is 13.9 Å². The van der Waals surface area contributed by atoms with E-state index in [1.807, 2.05) is 31.3 Å². The molecule has 2 aromatic rings. The summed E-state index contributed by atoms with van der Waals surface area (Å²) in [5, 5.41) is 5.18. The normalized spacial score (nSPS) is 19.3. The summed E-state index contributed by atoms with van der Waals surface area (Å²) in [5.41, 5.74) is 1.41. The zero-order valence-electron chi connectivity index (χ0n) is 10.8. The maximum Gasteiger partial charge on any atom is 0.275 e. The zero-order chi connectivity index (χ0) is 13.4. The fourth-order valence-electron chi connectivity index (χ4n) is 2.66. The lowest BCUT2D eigenvalue weighted by Crippen LogP contribution is -2.29. The predicted molar refractivity (Wildman–Crippen MR) is 70.7 cm³/mol. The number of carbonyl (C=O) groups excluding carboxylic acids is 1. The number of likely N-dealkylation sites (tertiary alicyclic amines) is 1. The van der Waals surface area contributed by atoms with Crippen molar-refractivity contribution in [3.05, 3.63) is 30.0 Å². The number of rotatable bonds is 2. The van der Waals surface area contributed by atoms with E-state index in [1.165, 1.54) is 0 Å². The van der Waals surface area contributed by atoms with Crippen LogP contribution in [0.3, 0.4) is 0 Å². The Morgan fingerprint density at radius 3 is 3.00 bits per heavy atom. The molecule has 1 aromatic carbocycles. The van der Waals surface area contributed by atoms with Crippen molar-refractivity contribution in [1.82, 2.24) is 14.7 Å². The van der Waals surface area contributed by atoms with E-state index in [-0.39, 0.29) is 18.5 Å². The average molecular weight is 261 g/mol. The second kappa shape index (κ2) is 4.64. The third-order valence-electron chi connectivity index (χ3n) is 3.75. The Morgan fingerprint density at radius 1 is 1.47 bits per heavy atom. The molecule has 1 aliphatic rings. The van der Waals surface area contributed by atoms with E-state index >= 15 is 0 Å². The first-order valence-corrected chi connectivity index (χ1v) is 6.47. The summed E-state index contributed by atoms with van der Waals surface area (Å²) in [6, 6.07) is 7.66. The van der Waals surface area contributed by atoms with Gasteiger partial charge in [-0.25, -0.2) is 0 Å². The molecular weight excluding hydrogens is 245 g/mol. The van der Waals surface area contributed by atoms with Crippen LogP contribution in [0.25, 0.3) is 10.9 Å². The number of nitrogens with zero attached hydrogens (tertiary/aromatic N) is 3. The molecule has 1 amide bonds. The molecule has 2 heterocycles. The summed E-state index contributed by atoms with van der Waals surface area (Å²) in [4.78, 5) is 14.2. The smallest absolute Gasteiger partial charge is 0.275 e. The number of alkyl halides is 1. The highest BCUT2D eigenvalue weighted by molar-refractivity contribution is 6.04. The molecule has 0 saturated carbocycles. The van der Waals surface area contributed by atoms with E-state index < -0.39 is 0 Å². The second-order valence-electron chi connectivity index (χ2n) is 5.05. The van der Waals surface area contributed by atoms with E-state index in [0.717, 1.165) is 17.3 Å². The fraction of sp³-hybridized carbons (Fsp3) is 0.429. The highest BCUT2D eigenvalue weighted by atomic mass is 19.1.